The van der Waals surface area contributed by atoms with E-state index in [-0.39, 0.29) is 5.97 Å². The van der Waals surface area contributed by atoms with Crippen LogP contribution in [0, 0.1) is 5.41 Å². The fraction of sp³-hybridized carbons (Fsp3) is 0.556. The Bertz CT molecular complexity index is 706. The molecule has 142 valence electrons. The van der Waals surface area contributed by atoms with Crippen molar-refractivity contribution in [2.24, 2.45) is 5.41 Å². The molecule has 8 heteroatoms. The first kappa shape index (κ1) is 20.0. The largest absolute Gasteiger partial charge is 0.349 e. The van der Waals surface area contributed by atoms with Crippen molar-refractivity contribution >= 4 is 5.97 Å². The van der Waals surface area contributed by atoms with E-state index in [4.69, 9.17) is 14.3 Å². The molecule has 0 saturated heterocycles. The Morgan fingerprint density at radius 3 is 2.38 bits per heavy atom. The average molecular weight is 362 g/mol. The van der Waals surface area contributed by atoms with Gasteiger partial charge in [0.05, 0.1) is 17.3 Å². The van der Waals surface area contributed by atoms with Crippen LogP contribution in [0.15, 0.2) is 24.5 Å². The Morgan fingerprint density at radius 1 is 1.15 bits per heavy atom. The number of hydrogen-bond acceptors (Lipinski definition) is 7. The van der Waals surface area contributed by atoms with Crippen LogP contribution < -0.4 is 4.84 Å². The molecule has 0 aliphatic rings. The van der Waals surface area contributed by atoms with Crippen LogP contribution >= 0.6 is 0 Å². The Labute approximate surface area is 153 Å². The van der Waals surface area contributed by atoms with Crippen LogP contribution in [0.25, 0.3) is 11.4 Å². The summed E-state index contributed by atoms with van der Waals surface area (Å²) < 4.78 is 11.1. The van der Waals surface area contributed by atoms with Gasteiger partial charge in [0.15, 0.2) is 6.29 Å². The minimum Gasteiger partial charge on any atom is -0.349 e. The second-order valence-corrected chi connectivity index (χ2v) is 6.34. The highest BCUT2D eigenvalue weighted by molar-refractivity contribution is 5.76. The van der Waals surface area contributed by atoms with Crippen LogP contribution in [-0.2, 0) is 14.3 Å². The van der Waals surface area contributed by atoms with Crippen molar-refractivity contribution < 1.29 is 19.1 Å². The summed E-state index contributed by atoms with van der Waals surface area (Å²) in [5, 5.41) is 7.84. The van der Waals surface area contributed by atoms with Gasteiger partial charge in [0.1, 0.15) is 5.69 Å². The summed E-state index contributed by atoms with van der Waals surface area (Å²) >= 11 is 0. The quantitative estimate of drug-likeness (QED) is 0.500. The Morgan fingerprint density at radius 2 is 1.85 bits per heavy atom. The van der Waals surface area contributed by atoms with Crippen LogP contribution in [0.5, 0.6) is 0 Å². The first-order valence-electron chi connectivity index (χ1n) is 8.75. The maximum Gasteiger partial charge on any atom is 0.340 e. The molecular formula is C18H26N4O4. The minimum atomic E-state index is -0.584. The van der Waals surface area contributed by atoms with Gasteiger partial charge in [0.25, 0.3) is 0 Å². The second kappa shape index (κ2) is 8.86. The van der Waals surface area contributed by atoms with E-state index in [1.165, 1.54) is 6.20 Å². The summed E-state index contributed by atoms with van der Waals surface area (Å²) in [5.74, 6) is -0.365. The topological polar surface area (TPSA) is 88.4 Å². The van der Waals surface area contributed by atoms with Crippen molar-refractivity contribution in [3.63, 3.8) is 0 Å². The average Bonchev–Trinajstić information content (AvgIpc) is 3.10. The van der Waals surface area contributed by atoms with Crippen LogP contribution in [0.1, 0.15) is 52.9 Å². The molecule has 26 heavy (non-hydrogen) atoms. The second-order valence-electron chi connectivity index (χ2n) is 6.34. The fourth-order valence-electron chi connectivity index (χ4n) is 2.00. The molecule has 0 aromatic carbocycles. The molecule has 0 bridgehead atoms. The lowest BCUT2D eigenvalue weighted by Gasteiger charge is -2.18. The predicted molar refractivity (Wildman–Crippen MR) is 94.9 cm³/mol. The summed E-state index contributed by atoms with van der Waals surface area (Å²) in [7, 11) is 0. The molecule has 0 unspecified atom stereocenters. The van der Waals surface area contributed by atoms with Gasteiger partial charge in [-0.15, -0.1) is 5.10 Å². The van der Waals surface area contributed by atoms with Crippen molar-refractivity contribution in [1.29, 1.82) is 0 Å². The third-order valence-electron chi connectivity index (χ3n) is 4.04. The van der Waals surface area contributed by atoms with Crippen LogP contribution in [0.4, 0.5) is 0 Å². The van der Waals surface area contributed by atoms with Crippen molar-refractivity contribution in [1.82, 2.24) is 20.1 Å². The van der Waals surface area contributed by atoms with E-state index in [0.29, 0.717) is 31.0 Å². The van der Waals surface area contributed by atoms with Gasteiger partial charge in [-0.1, -0.05) is 17.8 Å². The summed E-state index contributed by atoms with van der Waals surface area (Å²) in [4.78, 5) is 22.8. The molecule has 0 atom stereocenters. The Hall–Kier alpha value is -2.32. The lowest BCUT2D eigenvalue weighted by atomic mass is 9.91. The zero-order valence-corrected chi connectivity index (χ0v) is 15.9. The number of pyridine rings is 1. The Balaban J connectivity index is 2.10. The van der Waals surface area contributed by atoms with Gasteiger partial charge in [-0.05, 0) is 45.4 Å². The number of aromatic nitrogens is 4. The number of hydrogen-bond donors (Lipinski definition) is 0. The minimum absolute atomic E-state index is 0.365. The number of nitrogens with zero attached hydrogens (tertiary/aromatic N) is 4. The predicted octanol–water partition coefficient (Wildman–Crippen LogP) is 2.80. The maximum absolute atomic E-state index is 12.1. The smallest absolute Gasteiger partial charge is 0.340 e. The molecule has 0 aliphatic heterocycles. The molecule has 0 aliphatic carbocycles. The van der Waals surface area contributed by atoms with Gasteiger partial charge in [0, 0.05) is 25.0 Å². The van der Waals surface area contributed by atoms with Gasteiger partial charge in [-0.25, -0.2) is 4.79 Å². The lowest BCUT2D eigenvalue weighted by molar-refractivity contribution is -0.156. The zero-order valence-electron chi connectivity index (χ0n) is 15.9. The molecule has 2 rings (SSSR count). The number of rotatable bonds is 9. The first-order valence-corrected chi connectivity index (χ1v) is 8.75. The fourth-order valence-corrected chi connectivity index (χ4v) is 2.00. The van der Waals surface area contributed by atoms with E-state index in [2.05, 4.69) is 15.3 Å². The molecule has 0 fully saturated rings. The molecule has 0 radical (unpaired) electrons. The highest BCUT2D eigenvalue weighted by Gasteiger charge is 2.28. The van der Waals surface area contributed by atoms with Gasteiger partial charge >= 0.3 is 5.97 Å². The third kappa shape index (κ3) is 4.86. The summed E-state index contributed by atoms with van der Waals surface area (Å²) in [6.45, 7) is 10.5. The number of carbonyl (C=O) groups is 1. The number of ether oxygens (including phenoxy) is 2. The number of carbonyl (C=O) groups excluding carboxylic acids is 1. The Kier molecular flexibility index (Phi) is 6.82. The van der Waals surface area contributed by atoms with Gasteiger partial charge in [-0.3, -0.25) is 4.98 Å². The van der Waals surface area contributed by atoms with Gasteiger partial charge in [-0.2, -0.15) is 0 Å². The van der Waals surface area contributed by atoms with Crippen molar-refractivity contribution in [3.8, 4) is 11.4 Å². The van der Waals surface area contributed by atoms with E-state index in [9.17, 15) is 4.79 Å². The summed E-state index contributed by atoms with van der Waals surface area (Å²) in [6, 6.07) is 3.66. The molecule has 2 aromatic heterocycles. The lowest BCUT2D eigenvalue weighted by Crippen LogP contribution is -2.33. The molecule has 0 amide bonds. The highest BCUT2D eigenvalue weighted by Crippen LogP contribution is 2.22. The van der Waals surface area contributed by atoms with E-state index in [1.54, 1.807) is 12.3 Å². The summed E-state index contributed by atoms with van der Waals surface area (Å²) in [6.07, 6.45) is 3.42. The van der Waals surface area contributed by atoms with Crippen molar-refractivity contribution in [2.45, 2.75) is 47.3 Å². The molecule has 8 nitrogen and oxygen atoms in total. The van der Waals surface area contributed by atoms with E-state index < -0.39 is 11.7 Å². The highest BCUT2D eigenvalue weighted by atomic mass is 16.7. The van der Waals surface area contributed by atoms with Gasteiger partial charge in [0.2, 0.25) is 0 Å². The maximum atomic E-state index is 12.1. The van der Waals surface area contributed by atoms with Crippen LogP contribution in [0.2, 0.25) is 0 Å². The standard InChI is InChI=1S/C18H26N4O4/c1-6-18(4,5)17(23)26-22-12-15(20-21-22)14-10-9-13(11-19-14)16(24-7-2)25-8-3/h9-12,16H,6-8H2,1-5H3. The monoisotopic (exact) mass is 362 g/mol. The molecule has 2 aromatic rings. The molecule has 0 N–H and O–H groups in total. The third-order valence-corrected chi connectivity index (χ3v) is 4.04. The molecular weight excluding hydrogens is 336 g/mol. The van der Waals surface area contributed by atoms with Crippen LogP contribution in [-0.4, -0.2) is 39.3 Å². The van der Waals surface area contributed by atoms with E-state index >= 15 is 0 Å². The first-order chi connectivity index (χ1) is 12.4. The zero-order chi connectivity index (χ0) is 19.2. The summed E-state index contributed by atoms with van der Waals surface area (Å²) in [5.41, 5.74) is 1.35. The van der Waals surface area contributed by atoms with Crippen molar-refractivity contribution in [2.75, 3.05) is 13.2 Å². The normalized spacial score (nSPS) is 11.8. The van der Waals surface area contributed by atoms with Crippen molar-refractivity contribution in [3.05, 3.63) is 30.1 Å². The molecule has 0 spiro atoms. The van der Waals surface area contributed by atoms with E-state index in [1.807, 2.05) is 40.7 Å². The van der Waals surface area contributed by atoms with E-state index in [0.717, 1.165) is 10.4 Å². The SMILES string of the molecule is CCOC(OCC)c1ccc(-c2cn(OC(=O)C(C)(C)CC)nn2)nc1. The molecule has 0 saturated carbocycles. The molecule has 2 heterocycles. The van der Waals surface area contributed by atoms with Gasteiger partial charge < -0.3 is 14.3 Å². The van der Waals surface area contributed by atoms with Crippen LogP contribution in [0.3, 0.4) is 0 Å².